The Morgan fingerprint density at radius 2 is 2.00 bits per heavy atom. The van der Waals surface area contributed by atoms with Crippen LogP contribution in [0.5, 0.6) is 11.5 Å². The van der Waals surface area contributed by atoms with Crippen LogP contribution in [-0.2, 0) is 9.53 Å². The number of rotatable bonds is 8. The maximum Gasteiger partial charge on any atom is 0.255 e. The lowest BCUT2D eigenvalue weighted by atomic mass is 9.63. The standard InChI is InChI=1S/C19H28N2O5/c1-6-25-16-10-15(19(16,2)3)21(4)18(23)12-7-8-13(14(9-12)24-5)26-11-17(20)22/h7-9,15-16H,6,10-11H2,1-5H3,(H2,20,22). The summed E-state index contributed by atoms with van der Waals surface area (Å²) >= 11 is 0. The predicted octanol–water partition coefficient (Wildman–Crippen LogP) is 1.83. The van der Waals surface area contributed by atoms with E-state index in [-0.39, 0.29) is 30.1 Å². The van der Waals surface area contributed by atoms with Gasteiger partial charge in [-0.3, -0.25) is 9.59 Å². The molecule has 0 spiro atoms. The molecule has 2 unspecified atom stereocenters. The number of methoxy groups -OCH3 is 1. The fraction of sp³-hybridized carbons (Fsp3) is 0.579. The van der Waals surface area contributed by atoms with Crippen molar-refractivity contribution in [1.82, 2.24) is 4.90 Å². The van der Waals surface area contributed by atoms with E-state index in [1.54, 1.807) is 30.1 Å². The van der Waals surface area contributed by atoms with Gasteiger partial charge in [0.05, 0.1) is 13.2 Å². The van der Waals surface area contributed by atoms with Crippen LogP contribution >= 0.6 is 0 Å². The molecule has 2 atom stereocenters. The number of hydrogen-bond donors (Lipinski definition) is 1. The van der Waals surface area contributed by atoms with Crippen LogP contribution in [0.1, 0.15) is 37.6 Å². The van der Waals surface area contributed by atoms with Crippen LogP contribution in [0.15, 0.2) is 18.2 Å². The molecule has 0 aliphatic heterocycles. The summed E-state index contributed by atoms with van der Waals surface area (Å²) in [5.74, 6) is 0.0669. The molecule has 7 heteroatoms. The first-order valence-electron chi connectivity index (χ1n) is 8.70. The molecule has 0 aromatic heterocycles. The van der Waals surface area contributed by atoms with E-state index in [1.165, 1.54) is 7.11 Å². The van der Waals surface area contributed by atoms with Crippen molar-refractivity contribution in [3.8, 4) is 11.5 Å². The average molecular weight is 364 g/mol. The van der Waals surface area contributed by atoms with Crippen LogP contribution < -0.4 is 15.2 Å². The summed E-state index contributed by atoms with van der Waals surface area (Å²) in [5, 5.41) is 0. The van der Waals surface area contributed by atoms with Gasteiger partial charge in [-0.1, -0.05) is 13.8 Å². The Bertz CT molecular complexity index is 674. The molecule has 7 nitrogen and oxygen atoms in total. The predicted molar refractivity (Wildman–Crippen MR) is 97.4 cm³/mol. The van der Waals surface area contributed by atoms with Gasteiger partial charge < -0.3 is 24.8 Å². The zero-order chi connectivity index (χ0) is 19.5. The van der Waals surface area contributed by atoms with E-state index >= 15 is 0 Å². The Balaban J connectivity index is 2.13. The molecular weight excluding hydrogens is 336 g/mol. The number of benzene rings is 1. The van der Waals surface area contributed by atoms with Gasteiger partial charge in [-0.2, -0.15) is 0 Å². The molecule has 1 fully saturated rings. The van der Waals surface area contributed by atoms with Gasteiger partial charge in [0.2, 0.25) is 0 Å². The van der Waals surface area contributed by atoms with Gasteiger partial charge in [-0.15, -0.1) is 0 Å². The van der Waals surface area contributed by atoms with E-state index in [0.717, 1.165) is 6.42 Å². The summed E-state index contributed by atoms with van der Waals surface area (Å²) in [4.78, 5) is 25.5. The number of nitrogens with zero attached hydrogens (tertiary/aromatic N) is 1. The number of carbonyl (C=O) groups excluding carboxylic acids is 2. The topological polar surface area (TPSA) is 91.1 Å². The summed E-state index contributed by atoms with van der Waals surface area (Å²) in [7, 11) is 3.28. The Morgan fingerprint density at radius 1 is 1.31 bits per heavy atom. The second-order valence-electron chi connectivity index (χ2n) is 7.05. The van der Waals surface area contributed by atoms with Gasteiger partial charge in [-0.05, 0) is 31.5 Å². The minimum Gasteiger partial charge on any atom is -0.493 e. The zero-order valence-corrected chi connectivity index (χ0v) is 16.1. The first-order valence-corrected chi connectivity index (χ1v) is 8.70. The number of nitrogens with two attached hydrogens (primary N) is 1. The van der Waals surface area contributed by atoms with Crippen LogP contribution in [0, 0.1) is 5.41 Å². The number of ether oxygens (including phenoxy) is 3. The minimum atomic E-state index is -0.581. The fourth-order valence-corrected chi connectivity index (χ4v) is 3.42. The van der Waals surface area contributed by atoms with Gasteiger partial charge in [-0.25, -0.2) is 0 Å². The quantitative estimate of drug-likeness (QED) is 0.760. The SMILES string of the molecule is CCOC1CC(N(C)C(=O)c2ccc(OCC(N)=O)c(OC)c2)C1(C)C. The first kappa shape index (κ1) is 20.0. The molecule has 1 aliphatic rings. The molecule has 1 aromatic carbocycles. The smallest absolute Gasteiger partial charge is 0.255 e. The normalized spacial score (nSPS) is 20.8. The third-order valence-corrected chi connectivity index (χ3v) is 5.06. The van der Waals surface area contributed by atoms with Crippen molar-refractivity contribution < 1.29 is 23.8 Å². The second kappa shape index (κ2) is 7.95. The molecule has 2 amide bonds. The van der Waals surface area contributed by atoms with Gasteiger partial charge in [0.1, 0.15) is 0 Å². The van der Waals surface area contributed by atoms with Crippen LogP contribution in [0.4, 0.5) is 0 Å². The van der Waals surface area contributed by atoms with Gasteiger partial charge in [0, 0.05) is 30.7 Å². The summed E-state index contributed by atoms with van der Waals surface area (Å²) in [6, 6.07) is 4.98. The maximum absolute atomic E-state index is 12.9. The van der Waals surface area contributed by atoms with Crippen molar-refractivity contribution in [2.75, 3.05) is 27.4 Å². The highest BCUT2D eigenvalue weighted by Gasteiger charge is 2.51. The second-order valence-corrected chi connectivity index (χ2v) is 7.05. The van der Waals surface area contributed by atoms with Crippen molar-refractivity contribution in [2.45, 2.75) is 39.3 Å². The molecule has 1 saturated carbocycles. The highest BCUT2D eigenvalue weighted by atomic mass is 16.5. The van der Waals surface area contributed by atoms with Crippen LogP contribution in [0.2, 0.25) is 0 Å². The monoisotopic (exact) mass is 364 g/mol. The number of amides is 2. The Kier molecular flexibility index (Phi) is 6.13. The lowest BCUT2D eigenvalue weighted by Gasteiger charge is -2.54. The van der Waals surface area contributed by atoms with Crippen LogP contribution in [-0.4, -0.2) is 56.2 Å². The summed E-state index contributed by atoms with van der Waals surface area (Å²) in [6.45, 7) is 6.63. The molecule has 0 heterocycles. The molecule has 0 radical (unpaired) electrons. The highest BCUT2D eigenvalue weighted by molar-refractivity contribution is 5.95. The van der Waals surface area contributed by atoms with Crippen LogP contribution in [0.25, 0.3) is 0 Å². The highest BCUT2D eigenvalue weighted by Crippen LogP contribution is 2.45. The van der Waals surface area contributed by atoms with Gasteiger partial charge in [0.15, 0.2) is 18.1 Å². The van der Waals surface area contributed by atoms with Crippen molar-refractivity contribution in [3.05, 3.63) is 23.8 Å². The van der Waals surface area contributed by atoms with E-state index in [2.05, 4.69) is 13.8 Å². The molecule has 144 valence electrons. The average Bonchev–Trinajstić information content (AvgIpc) is 2.61. The molecule has 1 aliphatic carbocycles. The van der Waals surface area contributed by atoms with Crippen molar-refractivity contribution in [2.24, 2.45) is 11.1 Å². The van der Waals surface area contributed by atoms with E-state index < -0.39 is 5.91 Å². The lowest BCUT2D eigenvalue weighted by molar-refractivity contribution is -0.136. The molecule has 0 saturated heterocycles. The van der Waals surface area contributed by atoms with Gasteiger partial charge >= 0.3 is 0 Å². The van der Waals surface area contributed by atoms with E-state index in [1.807, 2.05) is 6.92 Å². The molecule has 26 heavy (non-hydrogen) atoms. The molecule has 2 N–H and O–H groups in total. The number of hydrogen-bond acceptors (Lipinski definition) is 5. The van der Waals surface area contributed by atoms with Crippen LogP contribution in [0.3, 0.4) is 0 Å². The number of carbonyl (C=O) groups is 2. The first-order chi connectivity index (χ1) is 12.2. The summed E-state index contributed by atoms with van der Waals surface area (Å²) in [5.41, 5.74) is 5.48. The Morgan fingerprint density at radius 3 is 2.54 bits per heavy atom. The molecular formula is C19H28N2O5. The Hall–Kier alpha value is -2.28. The van der Waals surface area contributed by atoms with E-state index in [0.29, 0.717) is 23.7 Å². The Labute approximate surface area is 154 Å². The number of primary amides is 1. The van der Waals surface area contributed by atoms with Crippen molar-refractivity contribution in [1.29, 1.82) is 0 Å². The van der Waals surface area contributed by atoms with Crippen molar-refractivity contribution in [3.63, 3.8) is 0 Å². The summed E-state index contributed by atoms with van der Waals surface area (Å²) < 4.78 is 16.3. The minimum absolute atomic E-state index is 0.0993. The third-order valence-electron chi connectivity index (χ3n) is 5.06. The third kappa shape index (κ3) is 3.93. The van der Waals surface area contributed by atoms with Crippen molar-refractivity contribution >= 4 is 11.8 Å². The maximum atomic E-state index is 12.9. The van der Waals surface area contributed by atoms with E-state index in [4.69, 9.17) is 19.9 Å². The van der Waals surface area contributed by atoms with Gasteiger partial charge in [0.25, 0.3) is 11.8 Å². The fourth-order valence-electron chi connectivity index (χ4n) is 3.42. The largest absolute Gasteiger partial charge is 0.493 e. The van der Waals surface area contributed by atoms with E-state index in [9.17, 15) is 9.59 Å². The lowest BCUT2D eigenvalue weighted by Crippen LogP contribution is -2.62. The summed E-state index contributed by atoms with van der Waals surface area (Å²) in [6.07, 6.45) is 0.979. The molecule has 0 bridgehead atoms. The molecule has 2 rings (SSSR count). The zero-order valence-electron chi connectivity index (χ0n) is 16.1. The molecule has 1 aromatic rings.